The van der Waals surface area contributed by atoms with Crippen molar-refractivity contribution in [2.45, 2.75) is 109 Å². The van der Waals surface area contributed by atoms with Gasteiger partial charge in [-0.15, -0.1) is 0 Å². The van der Waals surface area contributed by atoms with Gasteiger partial charge in [-0.2, -0.15) is 0 Å². The fraction of sp³-hybridized carbons (Fsp3) is 0.769. The van der Waals surface area contributed by atoms with E-state index in [-0.39, 0.29) is 0 Å². The van der Waals surface area contributed by atoms with Crippen LogP contribution in [-0.2, 0) is 0 Å². The van der Waals surface area contributed by atoms with E-state index in [0.717, 1.165) is 29.3 Å². The Hall–Kier alpha value is -1.62. The fourth-order valence-electron chi connectivity index (χ4n) is 5.26. The zero-order valence-corrected chi connectivity index (χ0v) is 19.8. The maximum atomic E-state index is 5.67. The van der Waals surface area contributed by atoms with Gasteiger partial charge in [0.2, 0.25) is 0 Å². The summed E-state index contributed by atoms with van der Waals surface area (Å²) in [4.78, 5) is 14.4. The lowest BCUT2D eigenvalue weighted by Crippen LogP contribution is -2.32. The first-order valence-electron chi connectivity index (χ1n) is 13.0. The molecular formula is C26H45N5. The Bertz CT molecular complexity index is 707. The molecule has 2 aliphatic carbocycles. The lowest BCUT2D eigenvalue weighted by atomic mass is 9.97. The highest BCUT2D eigenvalue weighted by Gasteiger charge is 2.19. The number of aromatic amines is 1. The third-order valence-electron chi connectivity index (χ3n) is 7.35. The second-order valence-corrected chi connectivity index (χ2v) is 9.70. The molecule has 0 aliphatic heterocycles. The van der Waals surface area contributed by atoms with Crippen molar-refractivity contribution in [3.63, 3.8) is 0 Å². The van der Waals surface area contributed by atoms with E-state index in [9.17, 15) is 0 Å². The van der Waals surface area contributed by atoms with Crippen molar-refractivity contribution in [1.82, 2.24) is 15.0 Å². The van der Waals surface area contributed by atoms with Crippen LogP contribution in [0.25, 0.3) is 11.0 Å². The molecule has 0 aromatic carbocycles. The standard InChI is InChI=1S/C16H24N4.C10H21N/c1-20(13-8-6-4-2-3-5-7-9-13)16-14-10-11-17-15(14)18-12-19-16;11-9-10-7-5-3-1-2-4-6-8-10/h10-13H,2-9H2,1H3,(H,17,18,19);10H,1-9,11H2. The Kier molecular flexibility index (Phi) is 10.6. The van der Waals surface area contributed by atoms with E-state index in [1.165, 1.54) is 103 Å². The van der Waals surface area contributed by atoms with Crippen molar-refractivity contribution in [1.29, 1.82) is 0 Å². The molecule has 0 atom stereocenters. The molecule has 2 heterocycles. The van der Waals surface area contributed by atoms with Crippen LogP contribution in [0.1, 0.15) is 103 Å². The van der Waals surface area contributed by atoms with E-state index in [2.05, 4.69) is 33.0 Å². The van der Waals surface area contributed by atoms with Crippen LogP contribution in [0.15, 0.2) is 18.6 Å². The summed E-state index contributed by atoms with van der Waals surface area (Å²) in [7, 11) is 2.19. The normalized spacial score (nSPS) is 20.3. The van der Waals surface area contributed by atoms with Crippen LogP contribution < -0.4 is 10.6 Å². The van der Waals surface area contributed by atoms with E-state index in [4.69, 9.17) is 5.73 Å². The number of anilines is 1. The maximum absolute atomic E-state index is 5.67. The second kappa shape index (κ2) is 13.7. The smallest absolute Gasteiger partial charge is 0.142 e. The zero-order valence-electron chi connectivity index (χ0n) is 19.8. The molecule has 2 aromatic heterocycles. The van der Waals surface area contributed by atoms with Gasteiger partial charge in [0.15, 0.2) is 0 Å². The van der Waals surface area contributed by atoms with E-state index in [0.29, 0.717) is 6.04 Å². The average Bonchev–Trinajstić information content (AvgIpc) is 3.35. The number of nitrogens with one attached hydrogen (secondary N) is 1. The molecule has 0 saturated heterocycles. The Morgan fingerprint density at radius 2 is 1.39 bits per heavy atom. The SMILES string of the molecule is CN(c1ncnc2[nH]ccc12)C1CCCCCCCC1.NCC1CCCCCCCC1. The molecule has 0 spiro atoms. The van der Waals surface area contributed by atoms with Gasteiger partial charge in [0.25, 0.3) is 0 Å². The van der Waals surface area contributed by atoms with Gasteiger partial charge in [0.05, 0.1) is 5.39 Å². The Labute approximate surface area is 189 Å². The van der Waals surface area contributed by atoms with Crippen molar-refractivity contribution < 1.29 is 0 Å². The number of rotatable bonds is 3. The average molecular weight is 428 g/mol. The van der Waals surface area contributed by atoms with Crippen LogP contribution in [0.3, 0.4) is 0 Å². The molecule has 2 aliphatic rings. The topological polar surface area (TPSA) is 70.8 Å². The van der Waals surface area contributed by atoms with E-state index < -0.39 is 0 Å². The lowest BCUT2D eigenvalue weighted by Gasteiger charge is -2.29. The molecule has 5 nitrogen and oxygen atoms in total. The Balaban J connectivity index is 0.000000210. The summed E-state index contributed by atoms with van der Waals surface area (Å²) in [5.41, 5.74) is 6.61. The number of fused-ring (bicyclic) bond motifs is 1. The molecule has 0 bridgehead atoms. The molecular weight excluding hydrogens is 382 g/mol. The van der Waals surface area contributed by atoms with Gasteiger partial charge in [0, 0.05) is 19.3 Å². The van der Waals surface area contributed by atoms with Gasteiger partial charge in [-0.25, -0.2) is 9.97 Å². The Morgan fingerprint density at radius 1 is 0.839 bits per heavy atom. The van der Waals surface area contributed by atoms with Crippen molar-refractivity contribution in [3.8, 4) is 0 Å². The second-order valence-electron chi connectivity index (χ2n) is 9.70. The maximum Gasteiger partial charge on any atom is 0.142 e. The van der Waals surface area contributed by atoms with Gasteiger partial charge in [-0.1, -0.05) is 77.0 Å². The van der Waals surface area contributed by atoms with Gasteiger partial charge >= 0.3 is 0 Å². The number of aromatic nitrogens is 3. The first-order chi connectivity index (χ1) is 15.3. The molecule has 5 heteroatoms. The van der Waals surface area contributed by atoms with Gasteiger partial charge in [-0.05, 0) is 44.2 Å². The molecule has 2 fully saturated rings. The molecule has 2 aromatic rings. The van der Waals surface area contributed by atoms with Crippen LogP contribution in [0.2, 0.25) is 0 Å². The number of H-pyrrole nitrogens is 1. The van der Waals surface area contributed by atoms with Gasteiger partial charge in [-0.3, -0.25) is 0 Å². The van der Waals surface area contributed by atoms with Crippen LogP contribution in [0.5, 0.6) is 0 Å². The largest absolute Gasteiger partial charge is 0.356 e. The summed E-state index contributed by atoms with van der Waals surface area (Å²) in [6.07, 6.45) is 25.9. The minimum Gasteiger partial charge on any atom is -0.356 e. The summed E-state index contributed by atoms with van der Waals surface area (Å²) in [5, 5.41) is 1.13. The third-order valence-corrected chi connectivity index (χ3v) is 7.35. The van der Waals surface area contributed by atoms with Crippen LogP contribution in [0.4, 0.5) is 5.82 Å². The molecule has 4 rings (SSSR count). The van der Waals surface area contributed by atoms with Gasteiger partial charge < -0.3 is 15.6 Å². The summed E-state index contributed by atoms with van der Waals surface area (Å²) >= 11 is 0. The van der Waals surface area contributed by atoms with Crippen molar-refractivity contribution in [2.24, 2.45) is 11.7 Å². The van der Waals surface area contributed by atoms with Crippen molar-refractivity contribution >= 4 is 16.9 Å². The predicted molar refractivity (Wildman–Crippen MR) is 132 cm³/mol. The highest BCUT2D eigenvalue weighted by Crippen LogP contribution is 2.27. The fourth-order valence-corrected chi connectivity index (χ4v) is 5.26. The van der Waals surface area contributed by atoms with E-state index in [1.54, 1.807) is 6.33 Å². The summed E-state index contributed by atoms with van der Waals surface area (Å²) < 4.78 is 0. The van der Waals surface area contributed by atoms with Gasteiger partial charge in [0.1, 0.15) is 17.8 Å². The highest BCUT2D eigenvalue weighted by molar-refractivity contribution is 5.87. The lowest BCUT2D eigenvalue weighted by molar-refractivity contribution is 0.437. The highest BCUT2D eigenvalue weighted by atomic mass is 15.2. The predicted octanol–water partition coefficient (Wildman–Crippen LogP) is 6.59. The first-order valence-corrected chi connectivity index (χ1v) is 13.0. The number of hydrogen-bond donors (Lipinski definition) is 2. The molecule has 2 saturated carbocycles. The summed E-state index contributed by atoms with van der Waals surface area (Å²) in [5.74, 6) is 1.91. The van der Waals surface area contributed by atoms with E-state index >= 15 is 0 Å². The number of hydrogen-bond acceptors (Lipinski definition) is 4. The quantitative estimate of drug-likeness (QED) is 0.579. The third kappa shape index (κ3) is 7.78. The summed E-state index contributed by atoms with van der Waals surface area (Å²) in [6.45, 7) is 0.917. The Morgan fingerprint density at radius 3 is 1.97 bits per heavy atom. The van der Waals surface area contributed by atoms with Crippen molar-refractivity contribution in [3.05, 3.63) is 18.6 Å². The molecule has 0 unspecified atom stereocenters. The summed E-state index contributed by atoms with van der Waals surface area (Å²) in [6, 6.07) is 2.69. The number of nitrogens with zero attached hydrogens (tertiary/aromatic N) is 3. The van der Waals surface area contributed by atoms with Crippen LogP contribution >= 0.6 is 0 Å². The van der Waals surface area contributed by atoms with Crippen LogP contribution in [-0.4, -0.2) is 34.6 Å². The number of nitrogens with two attached hydrogens (primary N) is 1. The molecule has 0 amide bonds. The van der Waals surface area contributed by atoms with Crippen molar-refractivity contribution in [2.75, 3.05) is 18.5 Å². The van der Waals surface area contributed by atoms with Crippen LogP contribution in [0, 0.1) is 5.92 Å². The minimum atomic E-state index is 0.612. The monoisotopic (exact) mass is 427 g/mol. The van der Waals surface area contributed by atoms with E-state index in [1.807, 2.05) is 6.20 Å². The first kappa shape index (κ1) is 24.0. The molecule has 3 N–H and O–H groups in total. The molecule has 174 valence electrons. The minimum absolute atomic E-state index is 0.612. The molecule has 0 radical (unpaired) electrons. The zero-order chi connectivity index (χ0) is 21.7. The molecule has 31 heavy (non-hydrogen) atoms.